The number of hydrogen-bond acceptors (Lipinski definition) is 6. The fourth-order valence-corrected chi connectivity index (χ4v) is 4.48. The summed E-state index contributed by atoms with van der Waals surface area (Å²) in [5.74, 6) is -2.00. The van der Waals surface area contributed by atoms with Crippen LogP contribution < -0.4 is 16.0 Å². The third-order valence-electron chi connectivity index (χ3n) is 6.18. The van der Waals surface area contributed by atoms with Gasteiger partial charge in [-0.05, 0) is 48.2 Å². The number of fused-ring (bicyclic) bond motifs is 2. The van der Waals surface area contributed by atoms with E-state index in [0.29, 0.717) is 0 Å². The number of piperidine rings is 1. The van der Waals surface area contributed by atoms with Gasteiger partial charge in [0, 0.05) is 31.2 Å². The summed E-state index contributed by atoms with van der Waals surface area (Å²) in [4.78, 5) is 50.4. The molecular formula is C23H22N4O4. The molecule has 3 aliphatic heterocycles. The van der Waals surface area contributed by atoms with Gasteiger partial charge in [0.2, 0.25) is 11.8 Å². The lowest BCUT2D eigenvalue weighted by Crippen LogP contribution is -2.54. The normalized spacial score (nSPS) is 21.1. The van der Waals surface area contributed by atoms with E-state index in [2.05, 4.69) is 34.1 Å². The van der Waals surface area contributed by atoms with Crippen LogP contribution in [0, 0.1) is 0 Å². The summed E-state index contributed by atoms with van der Waals surface area (Å²) in [6.45, 7) is 3.80. The van der Waals surface area contributed by atoms with Crippen LogP contribution in [0.5, 0.6) is 0 Å². The second-order valence-electron chi connectivity index (χ2n) is 8.21. The molecular weight excluding hydrogens is 396 g/mol. The maximum absolute atomic E-state index is 13.0. The van der Waals surface area contributed by atoms with E-state index >= 15 is 0 Å². The molecule has 1 saturated heterocycles. The third-order valence-corrected chi connectivity index (χ3v) is 6.18. The van der Waals surface area contributed by atoms with Crippen molar-refractivity contribution < 1.29 is 19.2 Å². The summed E-state index contributed by atoms with van der Waals surface area (Å²) in [6.07, 6.45) is 0.246. The predicted octanol–water partition coefficient (Wildman–Crippen LogP) is 1.86. The number of imide groups is 2. The van der Waals surface area contributed by atoms with Crippen molar-refractivity contribution in [2.45, 2.75) is 44.9 Å². The molecule has 3 aliphatic rings. The fraction of sp³-hybridized carbons (Fsp3) is 0.304. The molecule has 0 aromatic heterocycles. The van der Waals surface area contributed by atoms with Gasteiger partial charge < -0.3 is 10.6 Å². The minimum Gasteiger partial charge on any atom is -0.379 e. The van der Waals surface area contributed by atoms with E-state index in [1.807, 2.05) is 6.92 Å². The summed E-state index contributed by atoms with van der Waals surface area (Å²) in [5.41, 5.74) is 5.00. The van der Waals surface area contributed by atoms with Gasteiger partial charge in [0.25, 0.3) is 11.8 Å². The number of amides is 4. The quantitative estimate of drug-likeness (QED) is 0.655. The van der Waals surface area contributed by atoms with Crippen molar-refractivity contribution in [3.63, 3.8) is 0 Å². The molecule has 0 saturated carbocycles. The minimum atomic E-state index is -0.958. The molecule has 0 spiro atoms. The average molecular weight is 418 g/mol. The van der Waals surface area contributed by atoms with Crippen molar-refractivity contribution >= 4 is 29.3 Å². The number of carbonyl (C=O) groups excluding carboxylic acids is 4. The molecule has 0 bridgehead atoms. The maximum Gasteiger partial charge on any atom is 0.262 e. The first-order valence-corrected chi connectivity index (χ1v) is 10.4. The molecule has 3 N–H and O–H groups in total. The largest absolute Gasteiger partial charge is 0.379 e. The van der Waals surface area contributed by atoms with Crippen LogP contribution in [0.4, 0.5) is 5.69 Å². The van der Waals surface area contributed by atoms with Gasteiger partial charge in [-0.15, -0.1) is 0 Å². The average Bonchev–Trinajstić information content (AvgIpc) is 3.31. The Morgan fingerprint density at radius 1 is 0.968 bits per heavy atom. The van der Waals surface area contributed by atoms with Gasteiger partial charge in [-0.1, -0.05) is 18.2 Å². The number of anilines is 1. The van der Waals surface area contributed by atoms with E-state index in [1.165, 1.54) is 11.1 Å². The summed E-state index contributed by atoms with van der Waals surface area (Å²) in [7, 11) is 0. The SMILES string of the molecule is CC(Nc1ccc2c(c1)C(=O)N(C1CCC(=O)NC1=O)C2=O)c1ccc2c(c1)CNC2. The van der Waals surface area contributed by atoms with Crippen LogP contribution in [0.15, 0.2) is 36.4 Å². The van der Waals surface area contributed by atoms with Crippen LogP contribution in [0.2, 0.25) is 0 Å². The molecule has 2 unspecified atom stereocenters. The molecule has 3 heterocycles. The zero-order valence-corrected chi connectivity index (χ0v) is 17.0. The molecule has 31 heavy (non-hydrogen) atoms. The molecule has 2 atom stereocenters. The highest BCUT2D eigenvalue weighted by molar-refractivity contribution is 6.23. The topological polar surface area (TPSA) is 108 Å². The van der Waals surface area contributed by atoms with Gasteiger partial charge in [-0.3, -0.25) is 29.4 Å². The zero-order valence-electron chi connectivity index (χ0n) is 17.0. The highest BCUT2D eigenvalue weighted by Crippen LogP contribution is 2.31. The summed E-state index contributed by atoms with van der Waals surface area (Å²) in [6, 6.07) is 10.5. The lowest BCUT2D eigenvalue weighted by molar-refractivity contribution is -0.136. The smallest absolute Gasteiger partial charge is 0.262 e. The van der Waals surface area contributed by atoms with Crippen molar-refractivity contribution in [3.8, 4) is 0 Å². The van der Waals surface area contributed by atoms with E-state index in [9.17, 15) is 19.2 Å². The first-order valence-electron chi connectivity index (χ1n) is 10.4. The highest BCUT2D eigenvalue weighted by atomic mass is 16.2. The fourth-order valence-electron chi connectivity index (χ4n) is 4.48. The van der Waals surface area contributed by atoms with Crippen LogP contribution in [-0.2, 0) is 22.7 Å². The van der Waals surface area contributed by atoms with Crippen molar-refractivity contribution in [1.82, 2.24) is 15.5 Å². The van der Waals surface area contributed by atoms with Gasteiger partial charge in [0.15, 0.2) is 0 Å². The number of nitrogens with one attached hydrogen (secondary N) is 3. The van der Waals surface area contributed by atoms with Crippen LogP contribution in [0.1, 0.15) is 63.2 Å². The predicted molar refractivity (Wildman–Crippen MR) is 112 cm³/mol. The van der Waals surface area contributed by atoms with Gasteiger partial charge >= 0.3 is 0 Å². The van der Waals surface area contributed by atoms with Crippen LogP contribution >= 0.6 is 0 Å². The molecule has 2 aromatic rings. The zero-order chi connectivity index (χ0) is 21.7. The van der Waals surface area contributed by atoms with E-state index in [-0.39, 0.29) is 35.9 Å². The monoisotopic (exact) mass is 418 g/mol. The van der Waals surface area contributed by atoms with E-state index in [4.69, 9.17) is 0 Å². The maximum atomic E-state index is 13.0. The molecule has 1 fully saturated rings. The Bertz CT molecular complexity index is 1140. The summed E-state index contributed by atoms with van der Waals surface area (Å²) >= 11 is 0. The van der Waals surface area contributed by atoms with Gasteiger partial charge in [-0.25, -0.2) is 0 Å². The van der Waals surface area contributed by atoms with Crippen LogP contribution in [0.25, 0.3) is 0 Å². The Kier molecular flexibility index (Phi) is 4.59. The molecule has 5 rings (SSSR count). The van der Waals surface area contributed by atoms with Crippen molar-refractivity contribution in [2.24, 2.45) is 0 Å². The Labute approximate surface area is 179 Å². The van der Waals surface area contributed by atoms with Crippen LogP contribution in [0.3, 0.4) is 0 Å². The Hall–Kier alpha value is -3.52. The highest BCUT2D eigenvalue weighted by Gasteiger charge is 2.44. The first kappa shape index (κ1) is 19.4. The minimum absolute atomic E-state index is 0.00222. The van der Waals surface area contributed by atoms with Crippen molar-refractivity contribution in [2.75, 3.05) is 5.32 Å². The second kappa shape index (κ2) is 7.31. The lowest BCUT2D eigenvalue weighted by Gasteiger charge is -2.27. The Balaban J connectivity index is 1.36. The van der Waals surface area contributed by atoms with Gasteiger partial charge in [0.05, 0.1) is 11.1 Å². The molecule has 0 aliphatic carbocycles. The van der Waals surface area contributed by atoms with E-state index in [0.717, 1.165) is 29.2 Å². The summed E-state index contributed by atoms with van der Waals surface area (Å²) in [5, 5.41) is 8.94. The molecule has 0 radical (unpaired) electrons. The second-order valence-corrected chi connectivity index (χ2v) is 8.21. The molecule has 4 amide bonds. The van der Waals surface area contributed by atoms with Crippen molar-refractivity contribution in [3.05, 3.63) is 64.2 Å². The number of rotatable bonds is 4. The van der Waals surface area contributed by atoms with Gasteiger partial charge in [-0.2, -0.15) is 0 Å². The number of carbonyl (C=O) groups is 4. The molecule has 2 aromatic carbocycles. The summed E-state index contributed by atoms with van der Waals surface area (Å²) < 4.78 is 0. The lowest BCUT2D eigenvalue weighted by atomic mass is 10.0. The van der Waals surface area contributed by atoms with Crippen LogP contribution in [-0.4, -0.2) is 34.6 Å². The Morgan fingerprint density at radius 3 is 2.55 bits per heavy atom. The van der Waals surface area contributed by atoms with Crippen molar-refractivity contribution in [1.29, 1.82) is 0 Å². The standard InChI is InChI=1S/C23H22N4O4/c1-12(13-2-3-14-10-24-11-15(14)8-13)25-16-4-5-17-18(9-16)23(31)27(22(17)30)19-6-7-20(28)26-21(19)29/h2-5,8-9,12,19,24-25H,6-7,10-11H2,1H3,(H,26,28,29). The van der Waals surface area contributed by atoms with E-state index < -0.39 is 23.8 Å². The first-order chi connectivity index (χ1) is 14.9. The Morgan fingerprint density at radius 2 is 1.74 bits per heavy atom. The molecule has 8 heteroatoms. The number of hydrogen-bond donors (Lipinski definition) is 3. The number of nitrogens with zero attached hydrogens (tertiary/aromatic N) is 1. The van der Waals surface area contributed by atoms with Gasteiger partial charge in [0.1, 0.15) is 6.04 Å². The molecule has 8 nitrogen and oxygen atoms in total. The molecule has 158 valence electrons. The third kappa shape index (κ3) is 3.29. The van der Waals surface area contributed by atoms with E-state index in [1.54, 1.807) is 18.2 Å². The number of benzene rings is 2.